The zero-order valence-electron chi connectivity index (χ0n) is 41.9. The van der Waals surface area contributed by atoms with Gasteiger partial charge in [0.2, 0.25) is 0 Å². The van der Waals surface area contributed by atoms with Crippen molar-refractivity contribution in [2.24, 2.45) is 0 Å². The molecule has 0 aliphatic heterocycles. The second kappa shape index (κ2) is 19.7. The third kappa shape index (κ3) is 8.17. The van der Waals surface area contributed by atoms with Crippen LogP contribution in [0.5, 0.6) is 0 Å². The monoisotopic (exact) mass is 952 g/mol. The maximum atomic E-state index is 2.45. The molecular formula is C70H56N4. The Hall–Kier alpha value is -9.38. The molecule has 0 amide bonds. The molecule has 0 heterocycles. The number of hydrogen-bond acceptors (Lipinski definition) is 4. The van der Waals surface area contributed by atoms with Gasteiger partial charge in [0, 0.05) is 71.0 Å². The van der Waals surface area contributed by atoms with Crippen molar-refractivity contribution in [1.82, 2.24) is 0 Å². The smallest absolute Gasteiger partial charge is 0.0726 e. The van der Waals surface area contributed by atoms with Crippen LogP contribution in [0.15, 0.2) is 285 Å². The number of hydrogen-bond donors (Lipinski definition) is 0. The number of aryl methyl sites for hydroxylation is 1. The van der Waals surface area contributed by atoms with Crippen molar-refractivity contribution < 1.29 is 0 Å². The topological polar surface area (TPSA) is 13.0 Å². The van der Waals surface area contributed by atoms with Crippen LogP contribution in [0.1, 0.15) is 27.8 Å². The van der Waals surface area contributed by atoms with E-state index >= 15 is 0 Å². The van der Waals surface area contributed by atoms with Crippen molar-refractivity contribution in [3.05, 3.63) is 313 Å². The van der Waals surface area contributed by atoms with Crippen LogP contribution in [0.25, 0.3) is 22.3 Å². The second-order valence-electron chi connectivity index (χ2n) is 19.1. The first-order chi connectivity index (χ1) is 36.5. The zero-order valence-corrected chi connectivity index (χ0v) is 41.9. The van der Waals surface area contributed by atoms with Crippen LogP contribution in [-0.2, 0) is 5.41 Å². The fourth-order valence-electron chi connectivity index (χ4n) is 11.3. The van der Waals surface area contributed by atoms with Crippen molar-refractivity contribution in [2.45, 2.75) is 12.3 Å². The average Bonchev–Trinajstić information content (AvgIpc) is 3.95. The first-order valence-electron chi connectivity index (χ1n) is 25.5. The molecule has 0 fully saturated rings. The number of fused-ring (bicyclic) bond motifs is 10. The largest absolute Gasteiger partial charge is 0.345 e. The van der Waals surface area contributed by atoms with E-state index in [1.165, 1.54) is 55.8 Å². The Morgan fingerprint density at radius 1 is 0.230 bits per heavy atom. The maximum absolute atomic E-state index is 2.45. The molecule has 4 nitrogen and oxygen atoms in total. The molecule has 11 aromatic carbocycles. The first kappa shape index (κ1) is 45.7. The highest BCUT2D eigenvalue weighted by atomic mass is 15.2. The van der Waals surface area contributed by atoms with Crippen LogP contribution < -0.4 is 19.6 Å². The highest BCUT2D eigenvalue weighted by molar-refractivity contribution is 5.96. The lowest BCUT2D eigenvalue weighted by atomic mass is 9.70. The Balaban J connectivity index is 0.000000170. The van der Waals surface area contributed by atoms with Gasteiger partial charge in [0.25, 0.3) is 0 Å². The molecular weight excluding hydrogens is 897 g/mol. The fraction of sp³-hybridized carbons (Fsp3) is 0.0571. The van der Waals surface area contributed by atoms with Gasteiger partial charge in [-0.2, -0.15) is 0 Å². The van der Waals surface area contributed by atoms with Gasteiger partial charge in [0.1, 0.15) is 0 Å². The molecule has 0 N–H and O–H groups in total. The van der Waals surface area contributed by atoms with Crippen molar-refractivity contribution in [3.63, 3.8) is 0 Å². The first-order valence-corrected chi connectivity index (χ1v) is 25.5. The molecule has 13 rings (SSSR count). The molecule has 11 aromatic rings. The second-order valence-corrected chi connectivity index (χ2v) is 19.1. The lowest BCUT2D eigenvalue weighted by Gasteiger charge is -2.32. The van der Waals surface area contributed by atoms with Gasteiger partial charge in [-0.3, -0.25) is 0 Å². The van der Waals surface area contributed by atoms with Crippen molar-refractivity contribution in [3.8, 4) is 22.3 Å². The summed E-state index contributed by atoms with van der Waals surface area (Å²) in [6.07, 6.45) is 0. The van der Waals surface area contributed by atoms with E-state index in [-0.39, 0.29) is 5.41 Å². The van der Waals surface area contributed by atoms with Gasteiger partial charge in [-0.25, -0.2) is 0 Å². The molecule has 74 heavy (non-hydrogen) atoms. The highest BCUT2D eigenvalue weighted by Gasteiger charge is 2.51. The molecule has 0 radical (unpaired) electrons. The van der Waals surface area contributed by atoms with E-state index in [2.05, 4.69) is 320 Å². The number of anilines is 10. The molecule has 2 aliphatic rings. The minimum atomic E-state index is -0.375. The molecule has 2 aliphatic carbocycles. The van der Waals surface area contributed by atoms with Crippen LogP contribution in [0.3, 0.4) is 0 Å². The number of nitrogens with zero attached hydrogens (tertiary/aromatic N) is 4. The standard InChI is InChI=1S/C44H32N2.C26H24N2/c1-45(31-14-4-2-5-15-31)32-24-26-34(27-25-32)46(33-16-6-3-7-17-33)35-28-29-39-38-20-10-13-23-42(38)44(43(39)30-35)40-21-11-8-18-36(40)37-19-9-12-22-41(37)44;1-21-10-9-15-26(20-21)28(24-13-7-4-8-14-24)25-18-16-23(17-19-25)27(2)22-11-5-3-6-12-22/h2-30H,1H3;3-20H,1-2H3. The minimum Gasteiger partial charge on any atom is -0.345 e. The molecule has 4 heteroatoms. The third-order valence-electron chi connectivity index (χ3n) is 14.8. The normalized spacial score (nSPS) is 12.1. The predicted octanol–water partition coefficient (Wildman–Crippen LogP) is 18.5. The molecule has 0 atom stereocenters. The lowest BCUT2D eigenvalue weighted by molar-refractivity contribution is 0.793. The fourth-order valence-corrected chi connectivity index (χ4v) is 11.3. The summed E-state index contributed by atoms with van der Waals surface area (Å²) >= 11 is 0. The Labute approximate surface area is 435 Å². The quantitative estimate of drug-likeness (QED) is 0.135. The molecule has 0 saturated heterocycles. The zero-order chi connectivity index (χ0) is 50.0. The summed E-state index contributed by atoms with van der Waals surface area (Å²) in [4.78, 5) is 9.10. The average molecular weight is 953 g/mol. The van der Waals surface area contributed by atoms with E-state index < -0.39 is 0 Å². The van der Waals surface area contributed by atoms with Crippen molar-refractivity contribution in [1.29, 1.82) is 0 Å². The summed E-state index contributed by atoms with van der Waals surface area (Å²) in [6, 6.07) is 102. The van der Waals surface area contributed by atoms with Gasteiger partial charge in [-0.05, 0) is 178 Å². The van der Waals surface area contributed by atoms with Gasteiger partial charge in [-0.1, -0.05) is 164 Å². The van der Waals surface area contributed by atoms with Crippen LogP contribution in [-0.4, -0.2) is 14.1 Å². The van der Waals surface area contributed by atoms with Gasteiger partial charge in [-0.15, -0.1) is 0 Å². The van der Waals surface area contributed by atoms with E-state index in [4.69, 9.17) is 0 Å². The summed E-state index contributed by atoms with van der Waals surface area (Å²) in [6.45, 7) is 2.13. The number of rotatable bonds is 10. The van der Waals surface area contributed by atoms with Crippen molar-refractivity contribution >= 4 is 56.9 Å². The Kier molecular flexibility index (Phi) is 12.2. The van der Waals surface area contributed by atoms with Gasteiger partial charge >= 0.3 is 0 Å². The van der Waals surface area contributed by atoms with Crippen LogP contribution >= 0.6 is 0 Å². The summed E-state index contributed by atoms with van der Waals surface area (Å²) in [7, 11) is 4.22. The lowest BCUT2D eigenvalue weighted by Crippen LogP contribution is -2.26. The highest BCUT2D eigenvalue weighted by Crippen LogP contribution is 2.63. The Morgan fingerprint density at radius 2 is 0.514 bits per heavy atom. The van der Waals surface area contributed by atoms with Crippen LogP contribution in [0.2, 0.25) is 0 Å². The molecule has 1 spiro atoms. The van der Waals surface area contributed by atoms with Gasteiger partial charge < -0.3 is 19.6 Å². The van der Waals surface area contributed by atoms with Gasteiger partial charge in [0.15, 0.2) is 0 Å². The molecule has 0 aromatic heterocycles. The number of para-hydroxylation sites is 4. The molecule has 0 bridgehead atoms. The molecule has 356 valence electrons. The summed E-state index contributed by atoms with van der Waals surface area (Å²) < 4.78 is 0. The van der Waals surface area contributed by atoms with Gasteiger partial charge in [0.05, 0.1) is 5.41 Å². The Morgan fingerprint density at radius 3 is 0.919 bits per heavy atom. The van der Waals surface area contributed by atoms with Crippen LogP contribution in [0.4, 0.5) is 56.9 Å². The maximum Gasteiger partial charge on any atom is 0.0726 e. The summed E-state index contributed by atoms with van der Waals surface area (Å²) in [5.74, 6) is 0. The van der Waals surface area contributed by atoms with Crippen molar-refractivity contribution in [2.75, 3.05) is 33.7 Å². The van der Waals surface area contributed by atoms with E-state index in [9.17, 15) is 0 Å². The summed E-state index contributed by atoms with van der Waals surface area (Å²) in [5, 5.41) is 0. The van der Waals surface area contributed by atoms with E-state index in [1.807, 2.05) is 6.07 Å². The molecule has 0 saturated carbocycles. The van der Waals surface area contributed by atoms with E-state index in [0.29, 0.717) is 0 Å². The summed E-state index contributed by atoms with van der Waals surface area (Å²) in [5.41, 5.74) is 23.0. The molecule has 0 unspecified atom stereocenters. The van der Waals surface area contributed by atoms with E-state index in [0.717, 1.165) is 51.2 Å². The van der Waals surface area contributed by atoms with E-state index in [1.54, 1.807) is 0 Å². The predicted molar refractivity (Wildman–Crippen MR) is 312 cm³/mol. The number of benzene rings is 11. The minimum absolute atomic E-state index is 0.375. The third-order valence-corrected chi connectivity index (χ3v) is 14.8. The Bertz CT molecular complexity index is 3640. The van der Waals surface area contributed by atoms with Crippen LogP contribution in [0, 0.1) is 6.92 Å². The SMILES string of the molecule is CN(c1ccccc1)c1ccc(N(c2ccccc2)c2ccc3c(c2)C2(c4ccccc4-c4ccccc42)c2ccccc2-3)cc1.Cc1cccc(N(c2ccccc2)c2ccc(N(C)c3ccccc3)cc2)c1.